The first-order valence-electron chi connectivity index (χ1n) is 14.6. The molecule has 0 unspecified atom stereocenters. The van der Waals surface area contributed by atoms with Gasteiger partial charge >= 0.3 is 0 Å². The van der Waals surface area contributed by atoms with Crippen molar-refractivity contribution < 1.29 is 4.57 Å². The molecule has 2 heterocycles. The average Bonchev–Trinajstić information content (AvgIpc) is 3.09. The number of hydrogen-bond donors (Lipinski definition) is 0. The molecule has 212 valence electrons. The van der Waals surface area contributed by atoms with Crippen LogP contribution in [0.5, 0.6) is 0 Å². The third-order valence-electron chi connectivity index (χ3n) is 8.58. The number of aromatic nitrogens is 1. The molecule has 44 heavy (non-hydrogen) atoms. The minimum atomic E-state index is -3.27. The zero-order chi connectivity index (χ0) is 30.3. The summed E-state index contributed by atoms with van der Waals surface area (Å²) in [4.78, 5) is 6.93. The van der Waals surface area contributed by atoms with Crippen LogP contribution < -0.4 is 20.9 Å². The summed E-state index contributed by atoms with van der Waals surface area (Å²) in [5.41, 5.74) is 8.08. The van der Waals surface area contributed by atoms with Crippen LogP contribution in [0.3, 0.4) is 0 Å². The van der Waals surface area contributed by atoms with Crippen LogP contribution in [0.4, 0.5) is 17.1 Å². The van der Waals surface area contributed by atoms with Gasteiger partial charge in [0.05, 0.1) is 23.0 Å². The number of nitriles is 1. The number of fused-ring (bicyclic) bond motifs is 2. The molecule has 1 aliphatic rings. The van der Waals surface area contributed by atoms with Crippen molar-refractivity contribution in [2.75, 3.05) is 4.90 Å². The molecule has 0 saturated heterocycles. The molecular weight excluding hydrogens is 557 g/mol. The predicted octanol–water partition coefficient (Wildman–Crippen LogP) is 8.37. The second-order valence-corrected chi connectivity index (χ2v) is 14.3. The summed E-state index contributed by atoms with van der Waals surface area (Å²) in [7, 11) is -3.27. The van der Waals surface area contributed by atoms with Crippen LogP contribution in [0.25, 0.3) is 11.1 Å². The minimum absolute atomic E-state index is 0.185. The van der Waals surface area contributed by atoms with Crippen LogP contribution >= 0.6 is 7.14 Å². The molecular formula is C39H30N3OP. The maximum absolute atomic E-state index is 15.1. The van der Waals surface area contributed by atoms with Gasteiger partial charge in [0.25, 0.3) is 0 Å². The zero-order valence-electron chi connectivity index (χ0n) is 24.6. The molecule has 0 bridgehead atoms. The minimum Gasteiger partial charge on any atom is -0.310 e. The molecule has 5 aromatic carbocycles. The van der Waals surface area contributed by atoms with Gasteiger partial charge in [0.15, 0.2) is 7.14 Å². The number of benzene rings is 5. The van der Waals surface area contributed by atoms with Crippen molar-refractivity contribution in [3.05, 3.63) is 162 Å². The van der Waals surface area contributed by atoms with E-state index in [1.165, 1.54) is 11.1 Å². The van der Waals surface area contributed by atoms with Gasteiger partial charge in [0, 0.05) is 27.9 Å². The molecule has 0 aliphatic carbocycles. The van der Waals surface area contributed by atoms with Crippen molar-refractivity contribution in [3.8, 4) is 17.2 Å². The lowest BCUT2D eigenvalue weighted by atomic mass is 9.73. The Labute approximate surface area is 258 Å². The van der Waals surface area contributed by atoms with Crippen molar-refractivity contribution in [2.45, 2.75) is 19.3 Å². The lowest BCUT2D eigenvalue weighted by Crippen LogP contribution is -2.30. The Morgan fingerprint density at radius 2 is 1.20 bits per heavy atom. The largest absolute Gasteiger partial charge is 0.310 e. The highest BCUT2D eigenvalue weighted by molar-refractivity contribution is 7.85. The second-order valence-electron chi connectivity index (χ2n) is 11.6. The van der Waals surface area contributed by atoms with E-state index >= 15 is 4.57 Å². The number of para-hydroxylation sites is 2. The molecule has 0 spiro atoms. The van der Waals surface area contributed by atoms with Crippen LogP contribution in [-0.2, 0) is 9.98 Å². The standard InChI is InChI=1S/C39H30N3OP/c1-39(2)34-17-9-11-19-36(34)42(37-20-12-10-18-35(37)39)31-24-28(27-40)23-30(25-31)29-21-22-41-38(26-29)44(43,32-13-5-3-6-14-32)33-15-7-4-8-16-33/h3-26H,1-2H3. The average molecular weight is 588 g/mol. The smallest absolute Gasteiger partial charge is 0.188 e. The van der Waals surface area contributed by atoms with Gasteiger partial charge in [-0.3, -0.25) is 4.98 Å². The van der Waals surface area contributed by atoms with E-state index in [4.69, 9.17) is 0 Å². The molecule has 0 amide bonds. The van der Waals surface area contributed by atoms with Gasteiger partial charge in [-0.05, 0) is 64.7 Å². The normalized spacial score (nSPS) is 13.4. The first-order valence-corrected chi connectivity index (χ1v) is 16.3. The fraction of sp³-hybridized carbons (Fsp3) is 0.0769. The molecule has 0 radical (unpaired) electrons. The van der Waals surface area contributed by atoms with Crippen LogP contribution in [0, 0.1) is 11.3 Å². The number of pyridine rings is 1. The van der Waals surface area contributed by atoms with Crippen LogP contribution in [0.15, 0.2) is 146 Å². The molecule has 0 fully saturated rings. The van der Waals surface area contributed by atoms with E-state index in [-0.39, 0.29) is 5.41 Å². The number of nitrogens with zero attached hydrogens (tertiary/aromatic N) is 3. The van der Waals surface area contributed by atoms with E-state index in [2.05, 4.69) is 84.4 Å². The Kier molecular flexibility index (Phi) is 6.77. The molecule has 1 aromatic heterocycles. The highest BCUT2D eigenvalue weighted by Gasteiger charge is 2.37. The molecule has 1 aliphatic heterocycles. The highest BCUT2D eigenvalue weighted by atomic mass is 31.2. The molecule has 6 aromatic rings. The van der Waals surface area contributed by atoms with E-state index in [0.29, 0.717) is 11.0 Å². The van der Waals surface area contributed by atoms with Crippen LogP contribution in [-0.4, -0.2) is 4.98 Å². The summed E-state index contributed by atoms with van der Waals surface area (Å²) in [5.74, 6) is 0. The Balaban J connectivity index is 1.41. The first kappa shape index (κ1) is 27.6. The SMILES string of the molecule is CC1(C)c2ccccc2N(c2cc(C#N)cc(-c3ccnc(P(=O)(c4ccccc4)c4ccccc4)c3)c2)c2ccccc21. The second kappa shape index (κ2) is 10.8. The fourth-order valence-corrected chi connectivity index (χ4v) is 8.94. The fourth-order valence-electron chi connectivity index (χ4n) is 6.38. The predicted molar refractivity (Wildman–Crippen MR) is 181 cm³/mol. The monoisotopic (exact) mass is 587 g/mol. The summed E-state index contributed by atoms with van der Waals surface area (Å²) in [6, 6.07) is 48.2. The van der Waals surface area contributed by atoms with Gasteiger partial charge < -0.3 is 9.46 Å². The van der Waals surface area contributed by atoms with Gasteiger partial charge in [-0.2, -0.15) is 5.26 Å². The summed E-state index contributed by atoms with van der Waals surface area (Å²) < 4.78 is 15.1. The maximum Gasteiger partial charge on any atom is 0.188 e. The Morgan fingerprint density at radius 3 is 1.77 bits per heavy atom. The topological polar surface area (TPSA) is 57.0 Å². The van der Waals surface area contributed by atoms with Crippen LogP contribution in [0.1, 0.15) is 30.5 Å². The van der Waals surface area contributed by atoms with Crippen molar-refractivity contribution in [1.82, 2.24) is 4.98 Å². The summed E-state index contributed by atoms with van der Waals surface area (Å²) >= 11 is 0. The van der Waals surface area contributed by atoms with E-state index in [9.17, 15) is 5.26 Å². The zero-order valence-corrected chi connectivity index (χ0v) is 25.4. The summed E-state index contributed by atoms with van der Waals surface area (Å²) in [6.45, 7) is 4.52. The lowest BCUT2D eigenvalue weighted by Gasteiger charge is -2.42. The molecule has 0 saturated carbocycles. The van der Waals surface area contributed by atoms with Gasteiger partial charge in [-0.1, -0.05) is 111 Å². The molecule has 4 nitrogen and oxygen atoms in total. The molecule has 0 N–H and O–H groups in total. The summed E-state index contributed by atoms with van der Waals surface area (Å²) in [5, 5.41) is 11.6. The van der Waals surface area contributed by atoms with Gasteiger partial charge in [-0.15, -0.1) is 0 Å². The Bertz CT molecular complexity index is 2010. The number of anilines is 3. The Hall–Kier alpha value is -5.23. The van der Waals surface area contributed by atoms with Gasteiger partial charge in [0.2, 0.25) is 0 Å². The van der Waals surface area contributed by atoms with E-state index in [0.717, 1.165) is 38.8 Å². The van der Waals surface area contributed by atoms with Crippen molar-refractivity contribution in [3.63, 3.8) is 0 Å². The van der Waals surface area contributed by atoms with E-state index < -0.39 is 7.14 Å². The van der Waals surface area contributed by atoms with Crippen LogP contribution in [0.2, 0.25) is 0 Å². The molecule has 5 heteroatoms. The lowest BCUT2D eigenvalue weighted by molar-refractivity contribution is 0.592. The summed E-state index contributed by atoms with van der Waals surface area (Å²) in [6.07, 6.45) is 1.72. The first-order chi connectivity index (χ1) is 21.4. The Morgan fingerprint density at radius 1 is 0.659 bits per heavy atom. The maximum atomic E-state index is 15.1. The quantitative estimate of drug-likeness (QED) is 0.190. The third kappa shape index (κ3) is 4.45. The third-order valence-corrected chi connectivity index (χ3v) is 11.5. The van der Waals surface area contributed by atoms with Crippen molar-refractivity contribution >= 4 is 40.2 Å². The van der Waals surface area contributed by atoms with Gasteiger partial charge in [0.1, 0.15) is 5.44 Å². The van der Waals surface area contributed by atoms with Crippen molar-refractivity contribution in [2.24, 2.45) is 0 Å². The molecule has 7 rings (SSSR count). The highest BCUT2D eigenvalue weighted by Crippen LogP contribution is 2.52. The molecule has 0 atom stereocenters. The number of rotatable bonds is 5. The van der Waals surface area contributed by atoms with E-state index in [1.54, 1.807) is 6.20 Å². The van der Waals surface area contributed by atoms with Gasteiger partial charge in [-0.25, -0.2) is 0 Å². The number of hydrogen-bond acceptors (Lipinski definition) is 4. The van der Waals surface area contributed by atoms with E-state index in [1.807, 2.05) is 84.9 Å². The van der Waals surface area contributed by atoms with Crippen molar-refractivity contribution in [1.29, 1.82) is 5.26 Å².